The molecule has 0 fully saturated rings. The number of sulfone groups is 1. The standard InChI is InChI=1S/C20H28N2O2S/c1-19(2,3)21-15-9-7-11-17(13-15)25(23,24)18-12-8-10-16(14-18)22-20(4,5)6/h7-14,21-22H,1-6H3. The first-order valence-corrected chi connectivity index (χ1v) is 9.87. The Labute approximate surface area is 151 Å². The van der Waals surface area contributed by atoms with Gasteiger partial charge in [0.05, 0.1) is 9.79 Å². The van der Waals surface area contributed by atoms with Crippen LogP contribution in [0, 0.1) is 0 Å². The van der Waals surface area contributed by atoms with E-state index in [9.17, 15) is 8.42 Å². The van der Waals surface area contributed by atoms with Gasteiger partial charge in [0.2, 0.25) is 9.84 Å². The van der Waals surface area contributed by atoms with Crippen molar-refractivity contribution >= 4 is 21.2 Å². The van der Waals surface area contributed by atoms with Crippen LogP contribution in [0.2, 0.25) is 0 Å². The molecule has 0 aliphatic heterocycles. The van der Waals surface area contributed by atoms with Crippen molar-refractivity contribution in [3.63, 3.8) is 0 Å². The highest BCUT2D eigenvalue weighted by Crippen LogP contribution is 2.27. The molecule has 0 unspecified atom stereocenters. The molecule has 2 N–H and O–H groups in total. The lowest BCUT2D eigenvalue weighted by Crippen LogP contribution is -2.26. The van der Waals surface area contributed by atoms with Crippen molar-refractivity contribution in [1.29, 1.82) is 0 Å². The normalized spacial score (nSPS) is 12.7. The first kappa shape index (κ1) is 19.3. The summed E-state index contributed by atoms with van der Waals surface area (Å²) in [4.78, 5) is 0.573. The van der Waals surface area contributed by atoms with Crippen molar-refractivity contribution in [3.05, 3.63) is 48.5 Å². The van der Waals surface area contributed by atoms with Crippen LogP contribution in [0.25, 0.3) is 0 Å². The lowest BCUT2D eigenvalue weighted by Gasteiger charge is -2.23. The first-order valence-electron chi connectivity index (χ1n) is 8.38. The lowest BCUT2D eigenvalue weighted by molar-refractivity contribution is 0.595. The Balaban J connectivity index is 2.39. The molecule has 2 aromatic rings. The molecule has 0 saturated heterocycles. The van der Waals surface area contributed by atoms with E-state index < -0.39 is 9.84 Å². The molecule has 0 amide bonds. The molecule has 25 heavy (non-hydrogen) atoms. The van der Waals surface area contributed by atoms with E-state index in [2.05, 4.69) is 10.6 Å². The van der Waals surface area contributed by atoms with Crippen LogP contribution >= 0.6 is 0 Å². The summed E-state index contributed by atoms with van der Waals surface area (Å²) in [5.74, 6) is 0. The Morgan fingerprint density at radius 3 is 1.36 bits per heavy atom. The summed E-state index contributed by atoms with van der Waals surface area (Å²) < 4.78 is 26.0. The minimum absolute atomic E-state index is 0.140. The summed E-state index contributed by atoms with van der Waals surface area (Å²) in [6.45, 7) is 12.2. The molecule has 0 bridgehead atoms. The van der Waals surface area contributed by atoms with Crippen LogP contribution in [-0.4, -0.2) is 19.5 Å². The number of hydrogen-bond donors (Lipinski definition) is 2. The molecular weight excluding hydrogens is 332 g/mol. The maximum atomic E-state index is 13.0. The zero-order valence-electron chi connectivity index (χ0n) is 15.8. The van der Waals surface area contributed by atoms with E-state index in [4.69, 9.17) is 0 Å². The Kier molecular flexibility index (Phi) is 5.19. The second-order valence-corrected chi connectivity index (χ2v) is 10.3. The van der Waals surface area contributed by atoms with Crippen LogP contribution in [0.15, 0.2) is 58.3 Å². The van der Waals surface area contributed by atoms with E-state index in [-0.39, 0.29) is 20.9 Å². The van der Waals surface area contributed by atoms with E-state index in [1.165, 1.54) is 0 Å². The van der Waals surface area contributed by atoms with Gasteiger partial charge in [0.1, 0.15) is 0 Å². The second kappa shape index (κ2) is 6.71. The summed E-state index contributed by atoms with van der Waals surface area (Å²) in [6.07, 6.45) is 0. The van der Waals surface area contributed by atoms with Crippen LogP contribution in [0.1, 0.15) is 41.5 Å². The third-order valence-corrected chi connectivity index (χ3v) is 5.08. The van der Waals surface area contributed by atoms with Gasteiger partial charge in [-0.1, -0.05) is 12.1 Å². The fourth-order valence-electron chi connectivity index (χ4n) is 2.48. The largest absolute Gasteiger partial charge is 0.380 e. The van der Waals surface area contributed by atoms with E-state index in [1.54, 1.807) is 36.4 Å². The van der Waals surface area contributed by atoms with Gasteiger partial charge in [0.15, 0.2) is 0 Å². The Morgan fingerprint density at radius 1 is 0.680 bits per heavy atom. The molecule has 0 aliphatic rings. The van der Waals surface area contributed by atoms with Crippen LogP contribution < -0.4 is 10.6 Å². The third kappa shape index (κ3) is 5.49. The average Bonchev–Trinajstić information content (AvgIpc) is 2.44. The SMILES string of the molecule is CC(C)(C)Nc1cccc(S(=O)(=O)c2cccc(NC(C)(C)C)c2)c1. The molecule has 2 aromatic carbocycles. The Morgan fingerprint density at radius 2 is 1.04 bits per heavy atom. The molecule has 4 nitrogen and oxygen atoms in total. The van der Waals surface area contributed by atoms with Crippen molar-refractivity contribution in [1.82, 2.24) is 0 Å². The number of anilines is 2. The Hall–Kier alpha value is -2.01. The number of nitrogens with one attached hydrogen (secondary N) is 2. The molecule has 0 saturated carbocycles. The zero-order chi connectivity index (χ0) is 18.9. The van der Waals surface area contributed by atoms with Gasteiger partial charge in [-0.05, 0) is 77.9 Å². The highest BCUT2D eigenvalue weighted by atomic mass is 32.2. The monoisotopic (exact) mass is 360 g/mol. The minimum atomic E-state index is -3.58. The molecule has 0 aliphatic carbocycles. The maximum Gasteiger partial charge on any atom is 0.206 e. The molecule has 0 radical (unpaired) electrons. The minimum Gasteiger partial charge on any atom is -0.380 e. The van der Waals surface area contributed by atoms with E-state index >= 15 is 0 Å². The van der Waals surface area contributed by atoms with Crippen molar-refractivity contribution in [2.24, 2.45) is 0 Å². The zero-order valence-corrected chi connectivity index (χ0v) is 16.7. The summed E-state index contributed by atoms with van der Waals surface area (Å²) in [5.41, 5.74) is 1.30. The molecule has 0 atom stereocenters. The molecule has 136 valence electrons. The number of hydrogen-bond acceptors (Lipinski definition) is 4. The fraction of sp³-hybridized carbons (Fsp3) is 0.400. The average molecular weight is 361 g/mol. The smallest absolute Gasteiger partial charge is 0.206 e. The highest BCUT2D eigenvalue weighted by Gasteiger charge is 2.20. The fourth-order valence-corrected chi connectivity index (χ4v) is 3.84. The topological polar surface area (TPSA) is 58.2 Å². The van der Waals surface area contributed by atoms with Gasteiger partial charge < -0.3 is 10.6 Å². The van der Waals surface area contributed by atoms with E-state index in [1.807, 2.05) is 53.7 Å². The summed E-state index contributed by atoms with van der Waals surface area (Å²) in [5, 5.41) is 6.62. The highest BCUT2D eigenvalue weighted by molar-refractivity contribution is 7.91. The van der Waals surface area contributed by atoms with Gasteiger partial charge in [-0.15, -0.1) is 0 Å². The van der Waals surface area contributed by atoms with Gasteiger partial charge in [0, 0.05) is 22.5 Å². The van der Waals surface area contributed by atoms with Crippen LogP contribution in [0.4, 0.5) is 11.4 Å². The summed E-state index contributed by atoms with van der Waals surface area (Å²) in [6, 6.07) is 13.9. The van der Waals surface area contributed by atoms with Crippen molar-refractivity contribution < 1.29 is 8.42 Å². The Bertz CT molecular complexity index is 779. The molecule has 0 aromatic heterocycles. The summed E-state index contributed by atoms with van der Waals surface area (Å²) in [7, 11) is -3.58. The maximum absolute atomic E-state index is 13.0. The summed E-state index contributed by atoms with van der Waals surface area (Å²) >= 11 is 0. The second-order valence-electron chi connectivity index (χ2n) is 8.31. The van der Waals surface area contributed by atoms with Crippen LogP contribution in [-0.2, 0) is 9.84 Å². The van der Waals surface area contributed by atoms with Crippen molar-refractivity contribution in [2.45, 2.75) is 62.4 Å². The van der Waals surface area contributed by atoms with Gasteiger partial charge in [-0.3, -0.25) is 0 Å². The molecule has 5 heteroatoms. The molecule has 0 heterocycles. The van der Waals surface area contributed by atoms with Gasteiger partial charge in [0.25, 0.3) is 0 Å². The van der Waals surface area contributed by atoms with Gasteiger partial charge in [-0.25, -0.2) is 8.42 Å². The van der Waals surface area contributed by atoms with Crippen LogP contribution in [0.3, 0.4) is 0 Å². The number of rotatable bonds is 4. The third-order valence-electron chi connectivity index (χ3n) is 3.33. The molecule has 2 rings (SSSR count). The van der Waals surface area contributed by atoms with Crippen molar-refractivity contribution in [3.8, 4) is 0 Å². The predicted molar refractivity (Wildman–Crippen MR) is 105 cm³/mol. The quantitative estimate of drug-likeness (QED) is 0.811. The lowest BCUT2D eigenvalue weighted by atomic mass is 10.1. The first-order chi connectivity index (χ1) is 11.4. The van der Waals surface area contributed by atoms with Crippen molar-refractivity contribution in [2.75, 3.05) is 10.6 Å². The molecular formula is C20H28N2O2S. The van der Waals surface area contributed by atoms with Gasteiger partial charge in [-0.2, -0.15) is 0 Å². The van der Waals surface area contributed by atoms with E-state index in [0.29, 0.717) is 0 Å². The predicted octanol–water partition coefficient (Wildman–Crippen LogP) is 4.94. The molecule has 0 spiro atoms. The number of benzene rings is 2. The van der Waals surface area contributed by atoms with Gasteiger partial charge >= 0.3 is 0 Å². The van der Waals surface area contributed by atoms with Crippen LogP contribution in [0.5, 0.6) is 0 Å². The van der Waals surface area contributed by atoms with E-state index in [0.717, 1.165) is 11.4 Å².